The summed E-state index contributed by atoms with van der Waals surface area (Å²) in [4.78, 5) is 43.1. The third-order valence-electron chi connectivity index (χ3n) is 7.51. The molecule has 208 valence electrons. The van der Waals surface area contributed by atoms with Gasteiger partial charge in [0.2, 0.25) is 0 Å². The average Bonchev–Trinajstić information content (AvgIpc) is 3.80. The molecule has 2 amide bonds. The molecule has 3 aliphatic rings. The molecule has 2 aromatic rings. The maximum absolute atomic E-state index is 13.0. The lowest BCUT2D eigenvalue weighted by atomic mass is 10.00. The van der Waals surface area contributed by atoms with Gasteiger partial charge in [0, 0.05) is 57.3 Å². The van der Waals surface area contributed by atoms with Crippen LogP contribution in [0.5, 0.6) is 0 Å². The molecule has 1 aliphatic carbocycles. The Balaban J connectivity index is 1.10. The summed E-state index contributed by atoms with van der Waals surface area (Å²) < 4.78 is 0. The monoisotopic (exact) mass is 535 g/mol. The number of anilines is 1. The molecular weight excluding hydrogens is 498 g/mol. The van der Waals surface area contributed by atoms with Gasteiger partial charge in [-0.05, 0) is 43.2 Å². The number of hydrogen-bond donors (Lipinski definition) is 3. The maximum Gasteiger partial charge on any atom is 0.272 e. The van der Waals surface area contributed by atoms with Gasteiger partial charge < -0.3 is 25.5 Å². The van der Waals surface area contributed by atoms with Gasteiger partial charge in [0.15, 0.2) is 0 Å². The average molecular weight is 536 g/mol. The predicted octanol–water partition coefficient (Wildman–Crippen LogP) is 1.44. The summed E-state index contributed by atoms with van der Waals surface area (Å²) in [5.41, 5.74) is 3.38. The minimum atomic E-state index is -0.688. The van der Waals surface area contributed by atoms with Crippen molar-refractivity contribution >= 4 is 23.3 Å². The first-order valence-electron chi connectivity index (χ1n) is 13.7. The molecule has 1 aromatic carbocycles. The van der Waals surface area contributed by atoms with Gasteiger partial charge in [-0.3, -0.25) is 14.5 Å². The van der Waals surface area contributed by atoms with Crippen LogP contribution >= 0.6 is 0 Å². The highest BCUT2D eigenvalue weighted by atomic mass is 16.6. The molecule has 3 N–H and O–H groups in total. The Morgan fingerprint density at radius 3 is 2.79 bits per heavy atom. The third-order valence-corrected chi connectivity index (χ3v) is 7.51. The molecule has 11 nitrogen and oxygen atoms in total. The van der Waals surface area contributed by atoms with Gasteiger partial charge in [0.05, 0.1) is 6.10 Å². The smallest absolute Gasteiger partial charge is 0.272 e. The minimum Gasteiger partial charge on any atom is -0.399 e. The molecule has 1 saturated carbocycles. The van der Waals surface area contributed by atoms with Crippen LogP contribution in [0.25, 0.3) is 0 Å². The Bertz CT molecular complexity index is 1200. The molecule has 39 heavy (non-hydrogen) atoms. The van der Waals surface area contributed by atoms with Gasteiger partial charge in [0.1, 0.15) is 30.7 Å². The number of fused-ring (bicyclic) bond motifs is 1. The van der Waals surface area contributed by atoms with Crippen LogP contribution < -0.4 is 10.6 Å². The van der Waals surface area contributed by atoms with Crippen LogP contribution in [0.3, 0.4) is 0 Å². The number of likely N-dealkylation sites (tertiary alicyclic amines) is 1. The van der Waals surface area contributed by atoms with Crippen molar-refractivity contribution in [1.82, 2.24) is 25.1 Å². The van der Waals surface area contributed by atoms with Gasteiger partial charge in [-0.1, -0.05) is 29.4 Å². The van der Waals surface area contributed by atoms with E-state index in [1.807, 2.05) is 11.0 Å². The highest BCUT2D eigenvalue weighted by Crippen LogP contribution is 2.32. The van der Waals surface area contributed by atoms with E-state index in [2.05, 4.69) is 48.9 Å². The molecule has 11 heteroatoms. The molecule has 1 saturated heterocycles. The molecule has 2 atom stereocenters. The summed E-state index contributed by atoms with van der Waals surface area (Å²) in [5, 5.41) is 20.7. The van der Waals surface area contributed by atoms with Crippen LogP contribution in [0, 0.1) is 5.92 Å². The zero-order valence-corrected chi connectivity index (χ0v) is 22.4. The zero-order valence-electron chi connectivity index (χ0n) is 22.4. The molecule has 2 fully saturated rings. The number of aliphatic hydroxyl groups excluding tert-OH is 1. The second-order valence-electron chi connectivity index (χ2n) is 10.6. The van der Waals surface area contributed by atoms with Gasteiger partial charge in [0.25, 0.3) is 11.8 Å². The van der Waals surface area contributed by atoms with Crippen LogP contribution in [0.2, 0.25) is 0 Å². The number of carbonyl (C=O) groups excluding carboxylic acids is 2. The number of nitrogens with one attached hydrogen (secondary N) is 2. The van der Waals surface area contributed by atoms with E-state index in [-0.39, 0.29) is 36.0 Å². The van der Waals surface area contributed by atoms with E-state index in [0.29, 0.717) is 31.2 Å². The SMILES string of the molecule is CO/N=C(\C(=O)N1CCCC(Nc2cc(C(=O)NC[C@H](O)CN3CCc4ccccc4C3)ncn2)C1)C1CC1. The first-order chi connectivity index (χ1) is 19.0. The highest BCUT2D eigenvalue weighted by molar-refractivity contribution is 6.40. The Kier molecular flexibility index (Phi) is 8.67. The maximum atomic E-state index is 13.0. The van der Waals surface area contributed by atoms with Crippen LogP contribution in [-0.4, -0.2) is 94.4 Å². The summed E-state index contributed by atoms with van der Waals surface area (Å²) in [5.74, 6) is 0.286. The summed E-state index contributed by atoms with van der Waals surface area (Å²) >= 11 is 0. The van der Waals surface area contributed by atoms with Crippen molar-refractivity contribution in [3.05, 3.63) is 53.5 Å². The van der Waals surface area contributed by atoms with Gasteiger partial charge in [-0.2, -0.15) is 0 Å². The second kappa shape index (κ2) is 12.5. The van der Waals surface area contributed by atoms with E-state index in [1.165, 1.54) is 24.6 Å². The van der Waals surface area contributed by atoms with Crippen molar-refractivity contribution < 1.29 is 19.5 Å². The number of amides is 2. The fourth-order valence-electron chi connectivity index (χ4n) is 5.33. The van der Waals surface area contributed by atoms with Crippen molar-refractivity contribution in [1.29, 1.82) is 0 Å². The normalized spacial score (nSPS) is 20.6. The molecule has 3 heterocycles. The Morgan fingerprint density at radius 2 is 2.00 bits per heavy atom. The predicted molar refractivity (Wildman–Crippen MR) is 146 cm³/mol. The lowest BCUT2D eigenvalue weighted by Crippen LogP contribution is -2.48. The quantitative estimate of drug-likeness (QED) is 0.308. The lowest BCUT2D eigenvalue weighted by Gasteiger charge is -2.33. The lowest BCUT2D eigenvalue weighted by molar-refractivity contribution is -0.125. The second-order valence-corrected chi connectivity index (χ2v) is 10.6. The molecule has 0 radical (unpaired) electrons. The minimum absolute atomic E-state index is 0.00648. The third kappa shape index (κ3) is 7.10. The number of carbonyl (C=O) groups is 2. The molecule has 1 aromatic heterocycles. The van der Waals surface area contributed by atoms with Crippen molar-refractivity contribution in [3.63, 3.8) is 0 Å². The van der Waals surface area contributed by atoms with Crippen LogP contribution in [0.15, 0.2) is 41.8 Å². The number of benzene rings is 1. The standard InChI is InChI=1S/C28H37N7O4/c1-39-33-26(20-8-9-20)28(38)35-11-4-7-22(16-35)32-25-13-24(30-18-31-25)27(37)29-14-23(36)17-34-12-10-19-5-2-3-6-21(19)15-34/h2-3,5-6,13,18,20,22-23,36H,4,7-12,14-17H2,1H3,(H,29,37)(H,30,31,32)/b33-26-/t22?,23-/m0/s1. The Labute approximate surface area is 228 Å². The van der Waals surface area contributed by atoms with E-state index in [9.17, 15) is 14.7 Å². The zero-order chi connectivity index (χ0) is 27.2. The van der Waals surface area contributed by atoms with Gasteiger partial charge in [-0.25, -0.2) is 9.97 Å². The summed E-state index contributed by atoms with van der Waals surface area (Å²) in [6.45, 7) is 3.50. The fraction of sp³-hybridized carbons (Fsp3) is 0.536. The molecule has 2 aliphatic heterocycles. The van der Waals surface area contributed by atoms with Gasteiger partial charge >= 0.3 is 0 Å². The Hall–Kier alpha value is -3.57. The number of piperidine rings is 1. The van der Waals surface area contributed by atoms with Gasteiger partial charge in [-0.15, -0.1) is 0 Å². The molecule has 5 rings (SSSR count). The van der Waals surface area contributed by atoms with Crippen LogP contribution in [0.4, 0.5) is 5.82 Å². The van der Waals surface area contributed by atoms with Crippen molar-refractivity contribution in [2.24, 2.45) is 11.1 Å². The first-order valence-corrected chi connectivity index (χ1v) is 13.7. The topological polar surface area (TPSA) is 132 Å². The number of rotatable bonds is 10. The summed E-state index contributed by atoms with van der Waals surface area (Å²) in [7, 11) is 1.47. The number of aromatic nitrogens is 2. The van der Waals surface area contributed by atoms with Crippen molar-refractivity contribution in [2.45, 2.75) is 50.8 Å². The summed E-state index contributed by atoms with van der Waals surface area (Å²) in [6, 6.07) is 9.97. The van der Waals surface area contributed by atoms with E-state index < -0.39 is 6.10 Å². The van der Waals surface area contributed by atoms with E-state index in [1.54, 1.807) is 6.07 Å². The summed E-state index contributed by atoms with van der Waals surface area (Å²) in [6.07, 6.45) is 5.29. The molecule has 0 bridgehead atoms. The molecule has 0 spiro atoms. The number of hydrogen-bond acceptors (Lipinski definition) is 9. The number of oxime groups is 1. The van der Waals surface area contributed by atoms with Crippen molar-refractivity contribution in [3.8, 4) is 0 Å². The van der Waals surface area contributed by atoms with E-state index in [0.717, 1.165) is 45.2 Å². The molecular formula is C28H37N7O4. The first kappa shape index (κ1) is 27.0. The highest BCUT2D eigenvalue weighted by Gasteiger charge is 2.37. The number of β-amino-alcohol motifs (C(OH)–C–C–N with tert-alkyl or cyclic N) is 1. The number of nitrogens with zero attached hydrogens (tertiary/aromatic N) is 5. The van der Waals surface area contributed by atoms with Crippen LogP contribution in [-0.2, 0) is 22.6 Å². The van der Waals surface area contributed by atoms with E-state index >= 15 is 0 Å². The Morgan fingerprint density at radius 1 is 1.18 bits per heavy atom. The van der Waals surface area contributed by atoms with E-state index in [4.69, 9.17) is 4.84 Å². The number of aliphatic hydroxyl groups is 1. The fourth-order valence-corrected chi connectivity index (χ4v) is 5.33. The largest absolute Gasteiger partial charge is 0.399 e. The van der Waals surface area contributed by atoms with Crippen molar-refractivity contribution in [2.75, 3.05) is 45.2 Å². The van der Waals surface area contributed by atoms with Crippen LogP contribution in [0.1, 0.15) is 47.3 Å². The molecule has 1 unspecified atom stereocenters.